The van der Waals surface area contributed by atoms with Crippen LogP contribution in [0.4, 0.5) is 5.69 Å². The number of nitrogens with two attached hydrogens (primary N) is 1. The van der Waals surface area contributed by atoms with Gasteiger partial charge in [-0.05, 0) is 25.0 Å². The third-order valence-electron chi connectivity index (χ3n) is 3.54. The Balaban J connectivity index is 1.84. The van der Waals surface area contributed by atoms with Crippen molar-refractivity contribution in [2.45, 2.75) is 38.0 Å². The molecule has 4 heteroatoms. The highest BCUT2D eigenvalue weighted by molar-refractivity contribution is 5.60. The van der Waals surface area contributed by atoms with E-state index in [0.717, 1.165) is 17.1 Å². The lowest BCUT2D eigenvalue weighted by molar-refractivity contribution is 0.314. The van der Waals surface area contributed by atoms with E-state index in [4.69, 9.17) is 10.3 Å². The van der Waals surface area contributed by atoms with Gasteiger partial charge in [0.05, 0.1) is 0 Å². The molecule has 0 aliphatic heterocycles. The summed E-state index contributed by atoms with van der Waals surface area (Å²) in [7, 11) is 0. The van der Waals surface area contributed by atoms with Crippen LogP contribution in [0.2, 0.25) is 0 Å². The van der Waals surface area contributed by atoms with E-state index in [0.29, 0.717) is 11.7 Å². The Bertz CT molecular complexity index is 529. The minimum Gasteiger partial charge on any atom is -0.399 e. The number of aromatic nitrogens is 2. The maximum Gasteiger partial charge on any atom is 0.230 e. The zero-order chi connectivity index (χ0) is 12.4. The second kappa shape index (κ2) is 4.80. The molecule has 1 aromatic heterocycles. The summed E-state index contributed by atoms with van der Waals surface area (Å²) in [4.78, 5) is 4.51. The third kappa shape index (κ3) is 2.23. The summed E-state index contributed by atoms with van der Waals surface area (Å²) < 4.78 is 5.40. The fourth-order valence-corrected chi connectivity index (χ4v) is 2.55. The van der Waals surface area contributed by atoms with Crippen LogP contribution in [0.25, 0.3) is 11.4 Å². The molecule has 0 bridgehead atoms. The van der Waals surface area contributed by atoms with Gasteiger partial charge in [-0.2, -0.15) is 4.98 Å². The molecule has 0 amide bonds. The van der Waals surface area contributed by atoms with Crippen molar-refractivity contribution in [3.63, 3.8) is 0 Å². The van der Waals surface area contributed by atoms with E-state index in [1.54, 1.807) is 0 Å². The normalized spacial score (nSPS) is 16.9. The molecule has 2 N–H and O–H groups in total. The molecule has 94 valence electrons. The molecule has 1 aromatic carbocycles. The number of hydrogen-bond acceptors (Lipinski definition) is 4. The first-order valence-electron chi connectivity index (χ1n) is 6.52. The van der Waals surface area contributed by atoms with Crippen LogP contribution in [0.5, 0.6) is 0 Å². The first-order valence-corrected chi connectivity index (χ1v) is 6.52. The number of rotatable bonds is 2. The van der Waals surface area contributed by atoms with Crippen LogP contribution in [0.15, 0.2) is 28.8 Å². The van der Waals surface area contributed by atoms with Crippen molar-refractivity contribution in [1.82, 2.24) is 10.1 Å². The fourth-order valence-electron chi connectivity index (χ4n) is 2.55. The third-order valence-corrected chi connectivity index (χ3v) is 3.54. The van der Waals surface area contributed by atoms with Crippen LogP contribution in [0.1, 0.15) is 43.9 Å². The molecule has 1 aliphatic rings. The van der Waals surface area contributed by atoms with Crippen molar-refractivity contribution in [3.8, 4) is 11.4 Å². The second-order valence-electron chi connectivity index (χ2n) is 4.92. The Morgan fingerprint density at radius 3 is 2.78 bits per heavy atom. The highest BCUT2D eigenvalue weighted by Crippen LogP contribution is 2.32. The van der Waals surface area contributed by atoms with E-state index in [9.17, 15) is 0 Å². The Morgan fingerprint density at radius 2 is 2.00 bits per heavy atom. The summed E-state index contributed by atoms with van der Waals surface area (Å²) in [6.07, 6.45) is 6.19. The van der Waals surface area contributed by atoms with Crippen LogP contribution >= 0.6 is 0 Å². The van der Waals surface area contributed by atoms with Gasteiger partial charge in [-0.3, -0.25) is 0 Å². The van der Waals surface area contributed by atoms with Crippen LogP contribution in [-0.4, -0.2) is 10.1 Å². The van der Waals surface area contributed by atoms with Gasteiger partial charge < -0.3 is 10.3 Å². The van der Waals surface area contributed by atoms with Gasteiger partial charge in [0.25, 0.3) is 0 Å². The zero-order valence-corrected chi connectivity index (χ0v) is 10.3. The number of nitrogen functional groups attached to an aromatic ring is 1. The largest absolute Gasteiger partial charge is 0.399 e. The standard InChI is InChI=1S/C14H17N3O/c15-12-8-4-7-11(9-12)13-16-14(18-17-13)10-5-2-1-3-6-10/h4,7-10H,1-3,5-6,15H2. The van der Waals surface area contributed by atoms with Gasteiger partial charge in [0.15, 0.2) is 0 Å². The molecule has 0 saturated heterocycles. The van der Waals surface area contributed by atoms with Crippen molar-refractivity contribution in [3.05, 3.63) is 30.2 Å². The van der Waals surface area contributed by atoms with Gasteiger partial charge in [-0.25, -0.2) is 0 Å². The van der Waals surface area contributed by atoms with Crippen molar-refractivity contribution < 1.29 is 4.52 Å². The van der Waals surface area contributed by atoms with Crippen LogP contribution in [0.3, 0.4) is 0 Å². The smallest absolute Gasteiger partial charge is 0.230 e. The summed E-state index contributed by atoms with van der Waals surface area (Å²) in [6, 6.07) is 7.58. The maximum atomic E-state index is 5.76. The molecule has 1 fully saturated rings. The van der Waals surface area contributed by atoms with Crippen molar-refractivity contribution in [2.24, 2.45) is 0 Å². The molecule has 18 heavy (non-hydrogen) atoms. The number of nitrogens with zero attached hydrogens (tertiary/aromatic N) is 2. The monoisotopic (exact) mass is 243 g/mol. The van der Waals surface area contributed by atoms with E-state index in [-0.39, 0.29) is 0 Å². The second-order valence-corrected chi connectivity index (χ2v) is 4.92. The number of benzene rings is 1. The molecular weight excluding hydrogens is 226 g/mol. The molecule has 0 unspecified atom stereocenters. The van der Waals surface area contributed by atoms with Gasteiger partial charge in [0.1, 0.15) is 0 Å². The molecule has 0 radical (unpaired) electrons. The molecule has 1 saturated carbocycles. The van der Waals surface area contributed by atoms with Gasteiger partial charge in [-0.1, -0.05) is 36.6 Å². The SMILES string of the molecule is Nc1cccc(-c2noc(C3CCCCC3)n2)c1. The molecular formula is C14H17N3O. The van der Waals surface area contributed by atoms with E-state index < -0.39 is 0 Å². The van der Waals surface area contributed by atoms with Crippen molar-refractivity contribution in [2.75, 3.05) is 5.73 Å². The molecule has 0 atom stereocenters. The van der Waals surface area contributed by atoms with Crippen molar-refractivity contribution >= 4 is 5.69 Å². The Hall–Kier alpha value is -1.84. The minimum atomic E-state index is 0.445. The van der Waals surface area contributed by atoms with Gasteiger partial charge in [0, 0.05) is 17.2 Å². The molecule has 1 aliphatic carbocycles. The first kappa shape index (κ1) is 11.3. The molecule has 0 spiro atoms. The van der Waals surface area contributed by atoms with Crippen LogP contribution < -0.4 is 5.73 Å². The van der Waals surface area contributed by atoms with Gasteiger partial charge in [-0.15, -0.1) is 0 Å². The van der Waals surface area contributed by atoms with Crippen LogP contribution in [0, 0.1) is 0 Å². The van der Waals surface area contributed by atoms with E-state index in [1.807, 2.05) is 24.3 Å². The van der Waals surface area contributed by atoms with Crippen molar-refractivity contribution in [1.29, 1.82) is 0 Å². The highest BCUT2D eigenvalue weighted by Gasteiger charge is 2.21. The Morgan fingerprint density at radius 1 is 1.17 bits per heavy atom. The average molecular weight is 243 g/mol. The van der Waals surface area contributed by atoms with Gasteiger partial charge in [0.2, 0.25) is 11.7 Å². The summed E-state index contributed by atoms with van der Waals surface area (Å²) in [5.41, 5.74) is 7.40. The van der Waals surface area contributed by atoms with E-state index in [2.05, 4.69) is 10.1 Å². The lowest BCUT2D eigenvalue weighted by Gasteiger charge is -2.17. The summed E-state index contributed by atoms with van der Waals surface area (Å²) in [5, 5.41) is 4.06. The average Bonchev–Trinajstić information content (AvgIpc) is 2.89. The maximum absolute atomic E-state index is 5.76. The number of hydrogen-bond donors (Lipinski definition) is 1. The van der Waals surface area contributed by atoms with E-state index in [1.165, 1.54) is 32.1 Å². The Labute approximate surface area is 106 Å². The molecule has 3 rings (SSSR count). The summed E-state index contributed by atoms with van der Waals surface area (Å²) in [6.45, 7) is 0. The predicted molar refractivity (Wildman–Crippen MR) is 70.0 cm³/mol. The lowest BCUT2D eigenvalue weighted by Crippen LogP contribution is -2.04. The summed E-state index contributed by atoms with van der Waals surface area (Å²) in [5.74, 6) is 1.87. The van der Waals surface area contributed by atoms with Crippen LogP contribution in [-0.2, 0) is 0 Å². The highest BCUT2D eigenvalue weighted by atomic mass is 16.5. The summed E-state index contributed by atoms with van der Waals surface area (Å²) >= 11 is 0. The van der Waals surface area contributed by atoms with E-state index >= 15 is 0 Å². The fraction of sp³-hybridized carbons (Fsp3) is 0.429. The molecule has 1 heterocycles. The zero-order valence-electron chi connectivity index (χ0n) is 10.3. The van der Waals surface area contributed by atoms with Gasteiger partial charge >= 0.3 is 0 Å². The number of anilines is 1. The topological polar surface area (TPSA) is 64.9 Å². The predicted octanol–water partition coefficient (Wildman–Crippen LogP) is 3.37. The lowest BCUT2D eigenvalue weighted by atomic mass is 9.89. The quantitative estimate of drug-likeness (QED) is 0.821. The first-order chi connectivity index (χ1) is 8.83. The molecule has 2 aromatic rings. The molecule has 4 nitrogen and oxygen atoms in total. The minimum absolute atomic E-state index is 0.445. The Kier molecular flexibility index (Phi) is 3.00.